The molecule has 0 spiro atoms. The minimum absolute atomic E-state index is 0.328. The molecule has 1 heterocycles. The second-order valence-electron chi connectivity index (χ2n) is 3.99. The Morgan fingerprint density at radius 2 is 2.21 bits per heavy atom. The normalized spacial score (nSPS) is 10.2. The third-order valence-corrected chi connectivity index (χ3v) is 2.83. The van der Waals surface area contributed by atoms with Crippen LogP contribution in [0.1, 0.15) is 12.5 Å². The first-order valence-electron chi connectivity index (χ1n) is 5.99. The van der Waals surface area contributed by atoms with E-state index in [1.54, 1.807) is 24.4 Å². The summed E-state index contributed by atoms with van der Waals surface area (Å²) in [7, 11) is 0. The zero-order chi connectivity index (χ0) is 13.7. The number of benzene rings is 1. The molecule has 100 valence electrons. The molecule has 2 aromatic rings. The van der Waals surface area contributed by atoms with Crippen molar-refractivity contribution in [2.24, 2.45) is 0 Å². The maximum absolute atomic E-state index is 13.4. The first kappa shape index (κ1) is 13.5. The second kappa shape index (κ2) is 6.29. The van der Waals surface area contributed by atoms with Gasteiger partial charge in [0.25, 0.3) is 0 Å². The molecule has 2 N–H and O–H groups in total. The highest BCUT2D eigenvalue weighted by Gasteiger charge is 2.03. The van der Waals surface area contributed by atoms with Gasteiger partial charge in [0.05, 0.1) is 11.9 Å². The maximum Gasteiger partial charge on any atom is 0.171 e. The topological polar surface area (TPSA) is 41.9 Å². The Bertz CT molecular complexity index is 567. The van der Waals surface area contributed by atoms with E-state index >= 15 is 0 Å². The third kappa shape index (κ3) is 3.75. The number of halogens is 1. The summed E-state index contributed by atoms with van der Waals surface area (Å²) in [5.74, 6) is -0.328. The van der Waals surface area contributed by atoms with Gasteiger partial charge >= 0.3 is 0 Å². The van der Waals surface area contributed by atoms with E-state index in [2.05, 4.69) is 15.7 Å². The lowest BCUT2D eigenvalue weighted by molar-refractivity contribution is 0.632. The SMILES string of the molecule is CCn1cc(CNC(=S)Nc2ccccc2F)cn1. The van der Waals surface area contributed by atoms with Crippen molar-refractivity contribution in [3.05, 3.63) is 48.0 Å². The molecule has 1 aromatic heterocycles. The Labute approximate surface area is 116 Å². The van der Waals surface area contributed by atoms with E-state index in [9.17, 15) is 4.39 Å². The number of rotatable bonds is 4. The molecule has 1 aromatic carbocycles. The Balaban J connectivity index is 1.86. The van der Waals surface area contributed by atoms with Gasteiger partial charge in [0.15, 0.2) is 5.11 Å². The number of nitrogens with one attached hydrogen (secondary N) is 2. The van der Waals surface area contributed by atoms with Crippen LogP contribution in [0.25, 0.3) is 0 Å². The van der Waals surface area contributed by atoms with E-state index in [4.69, 9.17) is 12.2 Å². The van der Waals surface area contributed by atoms with Crippen molar-refractivity contribution >= 4 is 23.0 Å². The lowest BCUT2D eigenvalue weighted by Crippen LogP contribution is -2.28. The number of para-hydroxylation sites is 1. The average Bonchev–Trinajstić information content (AvgIpc) is 2.87. The van der Waals surface area contributed by atoms with Gasteiger partial charge in [-0.2, -0.15) is 5.10 Å². The Kier molecular flexibility index (Phi) is 4.46. The van der Waals surface area contributed by atoms with Gasteiger partial charge in [0, 0.05) is 24.8 Å². The van der Waals surface area contributed by atoms with Gasteiger partial charge in [-0.05, 0) is 31.3 Å². The first-order chi connectivity index (χ1) is 9.19. The van der Waals surface area contributed by atoms with Gasteiger partial charge in [-0.25, -0.2) is 4.39 Å². The lowest BCUT2D eigenvalue weighted by Gasteiger charge is -2.10. The number of aromatic nitrogens is 2. The van der Waals surface area contributed by atoms with Crippen LogP contribution in [0.5, 0.6) is 0 Å². The molecular formula is C13H15FN4S. The van der Waals surface area contributed by atoms with Crippen LogP contribution >= 0.6 is 12.2 Å². The molecule has 4 nitrogen and oxygen atoms in total. The fraction of sp³-hybridized carbons (Fsp3) is 0.231. The van der Waals surface area contributed by atoms with Crippen LogP contribution in [-0.4, -0.2) is 14.9 Å². The molecule has 0 unspecified atom stereocenters. The van der Waals surface area contributed by atoms with Gasteiger partial charge in [-0.1, -0.05) is 12.1 Å². The highest BCUT2D eigenvalue weighted by atomic mass is 32.1. The van der Waals surface area contributed by atoms with Crippen molar-refractivity contribution < 1.29 is 4.39 Å². The summed E-state index contributed by atoms with van der Waals surface area (Å²) in [4.78, 5) is 0. The molecule has 0 aliphatic carbocycles. The van der Waals surface area contributed by atoms with Gasteiger partial charge in [-0.15, -0.1) is 0 Å². The van der Waals surface area contributed by atoms with E-state index in [1.807, 2.05) is 17.8 Å². The average molecular weight is 278 g/mol. The summed E-state index contributed by atoms with van der Waals surface area (Å²) >= 11 is 5.11. The predicted octanol–water partition coefficient (Wildman–Crippen LogP) is 2.53. The van der Waals surface area contributed by atoms with Crippen molar-refractivity contribution in [3.63, 3.8) is 0 Å². The van der Waals surface area contributed by atoms with Crippen molar-refractivity contribution in [1.29, 1.82) is 0 Å². The molecule has 0 amide bonds. The molecule has 0 bridgehead atoms. The number of hydrogen-bond donors (Lipinski definition) is 2. The molecule has 0 fully saturated rings. The van der Waals surface area contributed by atoms with E-state index in [0.717, 1.165) is 12.1 Å². The van der Waals surface area contributed by atoms with Gasteiger partial charge in [0.1, 0.15) is 5.82 Å². The van der Waals surface area contributed by atoms with Gasteiger partial charge in [-0.3, -0.25) is 4.68 Å². The molecule has 0 saturated heterocycles. The van der Waals surface area contributed by atoms with Crippen LogP contribution in [0.15, 0.2) is 36.7 Å². The van der Waals surface area contributed by atoms with Crippen LogP contribution in [0.4, 0.5) is 10.1 Å². The predicted molar refractivity (Wildman–Crippen MR) is 77.4 cm³/mol. The standard InChI is InChI=1S/C13H15FN4S/c1-2-18-9-10(8-16-18)7-15-13(19)17-12-6-4-3-5-11(12)14/h3-6,8-9H,2,7H2,1H3,(H2,15,17,19). The number of hydrogen-bond acceptors (Lipinski definition) is 2. The van der Waals surface area contributed by atoms with E-state index in [1.165, 1.54) is 6.07 Å². The minimum Gasteiger partial charge on any atom is -0.358 e. The lowest BCUT2D eigenvalue weighted by atomic mass is 10.3. The fourth-order valence-corrected chi connectivity index (χ4v) is 1.76. The van der Waals surface area contributed by atoms with Crippen molar-refractivity contribution in [1.82, 2.24) is 15.1 Å². The molecular weight excluding hydrogens is 263 g/mol. The molecule has 19 heavy (non-hydrogen) atoms. The van der Waals surface area contributed by atoms with Gasteiger partial charge in [0.2, 0.25) is 0 Å². The zero-order valence-corrected chi connectivity index (χ0v) is 11.4. The van der Waals surface area contributed by atoms with E-state index in [0.29, 0.717) is 17.3 Å². The Morgan fingerprint density at radius 3 is 2.89 bits per heavy atom. The van der Waals surface area contributed by atoms with Crippen LogP contribution in [0.2, 0.25) is 0 Å². The van der Waals surface area contributed by atoms with Crippen molar-refractivity contribution in [2.75, 3.05) is 5.32 Å². The van der Waals surface area contributed by atoms with Crippen LogP contribution in [0.3, 0.4) is 0 Å². The summed E-state index contributed by atoms with van der Waals surface area (Å²) in [6.07, 6.45) is 3.72. The highest BCUT2D eigenvalue weighted by Crippen LogP contribution is 2.11. The highest BCUT2D eigenvalue weighted by molar-refractivity contribution is 7.80. The quantitative estimate of drug-likeness (QED) is 0.843. The summed E-state index contributed by atoms with van der Waals surface area (Å²) in [6.45, 7) is 3.41. The summed E-state index contributed by atoms with van der Waals surface area (Å²) in [5.41, 5.74) is 1.39. The van der Waals surface area contributed by atoms with Crippen LogP contribution in [0, 0.1) is 5.82 Å². The van der Waals surface area contributed by atoms with Crippen LogP contribution < -0.4 is 10.6 Å². The Hall–Kier alpha value is -1.95. The molecule has 2 rings (SSSR count). The summed E-state index contributed by atoms with van der Waals surface area (Å²) < 4.78 is 15.2. The van der Waals surface area contributed by atoms with Gasteiger partial charge < -0.3 is 10.6 Å². The minimum atomic E-state index is -0.328. The zero-order valence-electron chi connectivity index (χ0n) is 10.6. The molecule has 0 aliphatic rings. The van der Waals surface area contributed by atoms with Crippen molar-refractivity contribution in [3.8, 4) is 0 Å². The smallest absolute Gasteiger partial charge is 0.171 e. The fourth-order valence-electron chi connectivity index (χ4n) is 1.58. The van der Waals surface area contributed by atoms with Crippen LogP contribution in [-0.2, 0) is 13.1 Å². The Morgan fingerprint density at radius 1 is 1.42 bits per heavy atom. The number of thiocarbonyl (C=S) groups is 1. The first-order valence-corrected chi connectivity index (χ1v) is 6.40. The van der Waals surface area contributed by atoms with E-state index < -0.39 is 0 Å². The molecule has 6 heteroatoms. The summed E-state index contributed by atoms with van der Waals surface area (Å²) in [5, 5.41) is 10.4. The molecule has 0 aliphatic heterocycles. The molecule has 0 atom stereocenters. The molecule has 0 saturated carbocycles. The third-order valence-electron chi connectivity index (χ3n) is 2.59. The summed E-state index contributed by atoms with van der Waals surface area (Å²) in [6, 6.07) is 6.41. The maximum atomic E-state index is 13.4. The largest absolute Gasteiger partial charge is 0.358 e. The van der Waals surface area contributed by atoms with E-state index in [-0.39, 0.29) is 5.82 Å². The number of aryl methyl sites for hydroxylation is 1. The van der Waals surface area contributed by atoms with Crippen molar-refractivity contribution in [2.45, 2.75) is 20.0 Å². The number of nitrogens with zero attached hydrogens (tertiary/aromatic N) is 2. The number of anilines is 1. The second-order valence-corrected chi connectivity index (χ2v) is 4.40. The monoisotopic (exact) mass is 278 g/mol. The molecule has 0 radical (unpaired) electrons.